The van der Waals surface area contributed by atoms with E-state index in [0.717, 1.165) is 0 Å². The van der Waals surface area contributed by atoms with E-state index >= 15 is 0 Å². The van der Waals surface area contributed by atoms with Crippen LogP contribution in [0.4, 0.5) is 8.78 Å². The first-order valence-electron chi connectivity index (χ1n) is 3.59. The topological polar surface area (TPSA) is 0 Å². The van der Waals surface area contributed by atoms with E-state index in [4.69, 9.17) is 0 Å². The zero-order valence-corrected chi connectivity index (χ0v) is 6.22. The number of rotatable bonds is 1. The molecule has 0 saturated carbocycles. The number of hydrogen-bond donors (Lipinski definition) is 0. The van der Waals surface area contributed by atoms with Crippen LogP contribution in [0.25, 0.3) is 0 Å². The van der Waals surface area contributed by atoms with Crippen LogP contribution < -0.4 is 0 Å². The normalized spacial score (nSPS) is 39.5. The molecule has 0 aliphatic heterocycles. The summed E-state index contributed by atoms with van der Waals surface area (Å²) < 4.78 is 25.5. The van der Waals surface area contributed by atoms with Gasteiger partial charge in [-0.05, 0) is 5.92 Å². The van der Waals surface area contributed by atoms with Crippen molar-refractivity contribution in [3.05, 3.63) is 12.2 Å². The summed E-state index contributed by atoms with van der Waals surface area (Å²) in [6.07, 6.45) is 0.481. The zero-order valence-electron chi connectivity index (χ0n) is 6.22. The summed E-state index contributed by atoms with van der Waals surface area (Å²) >= 11 is 0. The Labute approximate surface area is 59.9 Å². The minimum absolute atomic E-state index is 0.0833. The molecule has 2 heteroatoms. The van der Waals surface area contributed by atoms with Crippen molar-refractivity contribution in [2.24, 2.45) is 11.8 Å². The molecule has 0 fully saturated rings. The summed E-state index contributed by atoms with van der Waals surface area (Å²) in [5.74, 6) is -0.361. The third kappa shape index (κ3) is 1.20. The van der Waals surface area contributed by atoms with Gasteiger partial charge in [0.1, 0.15) is 12.3 Å². The quantitative estimate of drug-likeness (QED) is 0.498. The van der Waals surface area contributed by atoms with E-state index in [2.05, 4.69) is 0 Å². The predicted octanol–water partition coefficient (Wildman–Crippen LogP) is 2.50. The van der Waals surface area contributed by atoms with Gasteiger partial charge in [0.05, 0.1) is 0 Å². The maximum absolute atomic E-state index is 12.8. The fourth-order valence-electron chi connectivity index (χ4n) is 1.38. The smallest absolute Gasteiger partial charge is 0.124 e. The molecule has 0 aromatic carbocycles. The van der Waals surface area contributed by atoms with Gasteiger partial charge in [0.15, 0.2) is 0 Å². The molecule has 0 spiro atoms. The van der Waals surface area contributed by atoms with Crippen molar-refractivity contribution >= 4 is 0 Å². The fraction of sp³-hybridized carbons (Fsp3) is 0.750. The summed E-state index contributed by atoms with van der Waals surface area (Å²) in [5.41, 5.74) is 0. The largest absolute Gasteiger partial charge is 0.243 e. The maximum atomic E-state index is 12.8. The third-order valence-corrected chi connectivity index (χ3v) is 1.98. The Hall–Kier alpha value is -0.400. The number of alkyl halides is 2. The molecule has 0 N–H and O–H groups in total. The van der Waals surface area contributed by atoms with E-state index in [0.29, 0.717) is 0 Å². The third-order valence-electron chi connectivity index (χ3n) is 1.98. The summed E-state index contributed by atoms with van der Waals surface area (Å²) in [7, 11) is 0. The van der Waals surface area contributed by atoms with E-state index in [1.54, 1.807) is 0 Å². The molecule has 1 aliphatic carbocycles. The molecule has 1 rings (SSSR count). The van der Waals surface area contributed by atoms with Crippen LogP contribution in [-0.4, -0.2) is 12.3 Å². The highest BCUT2D eigenvalue weighted by molar-refractivity contribution is 5.09. The molecule has 0 bridgehead atoms. The maximum Gasteiger partial charge on any atom is 0.124 e. The van der Waals surface area contributed by atoms with Crippen LogP contribution in [-0.2, 0) is 0 Å². The second kappa shape index (κ2) is 2.69. The highest BCUT2D eigenvalue weighted by Gasteiger charge is 2.33. The van der Waals surface area contributed by atoms with Gasteiger partial charge in [-0.15, -0.1) is 0 Å². The van der Waals surface area contributed by atoms with Crippen LogP contribution in [0, 0.1) is 11.8 Å². The number of hydrogen-bond acceptors (Lipinski definition) is 0. The monoisotopic (exact) mass is 146 g/mol. The van der Waals surface area contributed by atoms with Gasteiger partial charge < -0.3 is 0 Å². The lowest BCUT2D eigenvalue weighted by molar-refractivity contribution is 0.160. The van der Waals surface area contributed by atoms with E-state index in [-0.39, 0.29) is 5.92 Å². The van der Waals surface area contributed by atoms with Crippen molar-refractivity contribution in [3.8, 4) is 0 Å². The molecule has 2 atom stereocenters. The lowest BCUT2D eigenvalue weighted by Gasteiger charge is -2.18. The first kappa shape index (κ1) is 7.70. The Morgan fingerprint density at radius 3 is 1.70 bits per heavy atom. The summed E-state index contributed by atoms with van der Waals surface area (Å²) in [6.45, 7) is 3.69. The van der Waals surface area contributed by atoms with Gasteiger partial charge in [0, 0.05) is 5.92 Å². The zero-order chi connectivity index (χ0) is 7.72. The first-order valence-corrected chi connectivity index (χ1v) is 3.59. The van der Waals surface area contributed by atoms with E-state index in [1.807, 2.05) is 13.8 Å². The van der Waals surface area contributed by atoms with Crippen LogP contribution in [0.5, 0.6) is 0 Å². The Balaban J connectivity index is 2.60. The molecule has 0 radical (unpaired) electrons. The van der Waals surface area contributed by atoms with Crippen molar-refractivity contribution < 1.29 is 8.78 Å². The molecule has 0 amide bonds. The standard InChI is InChI=1S/C8H12F2/c1-5(2)8-6(9)3-4-7(8)10/h3-8H,1-2H3. The van der Waals surface area contributed by atoms with Gasteiger partial charge in [0.25, 0.3) is 0 Å². The van der Waals surface area contributed by atoms with E-state index in [9.17, 15) is 8.78 Å². The Morgan fingerprint density at radius 1 is 1.10 bits per heavy atom. The first-order chi connectivity index (χ1) is 4.63. The average molecular weight is 146 g/mol. The molecule has 0 saturated heterocycles. The summed E-state index contributed by atoms with van der Waals surface area (Å²) in [5, 5.41) is 0. The van der Waals surface area contributed by atoms with Gasteiger partial charge in [-0.2, -0.15) is 0 Å². The Morgan fingerprint density at radius 2 is 1.50 bits per heavy atom. The lowest BCUT2D eigenvalue weighted by atomic mass is 9.91. The van der Waals surface area contributed by atoms with Crippen molar-refractivity contribution in [3.63, 3.8) is 0 Å². The predicted molar refractivity (Wildman–Crippen MR) is 37.3 cm³/mol. The van der Waals surface area contributed by atoms with Crippen LogP contribution >= 0.6 is 0 Å². The van der Waals surface area contributed by atoms with Crippen molar-refractivity contribution in [1.29, 1.82) is 0 Å². The number of halogens is 2. The molecule has 10 heavy (non-hydrogen) atoms. The molecular weight excluding hydrogens is 134 g/mol. The second-order valence-corrected chi connectivity index (χ2v) is 3.10. The minimum atomic E-state index is -1.07. The molecule has 2 unspecified atom stereocenters. The van der Waals surface area contributed by atoms with Crippen LogP contribution in [0.1, 0.15) is 13.8 Å². The second-order valence-electron chi connectivity index (χ2n) is 3.10. The van der Waals surface area contributed by atoms with Gasteiger partial charge in [0.2, 0.25) is 0 Å². The van der Waals surface area contributed by atoms with E-state index in [1.165, 1.54) is 12.2 Å². The van der Waals surface area contributed by atoms with Gasteiger partial charge in [-0.25, -0.2) is 8.78 Å². The summed E-state index contributed by atoms with van der Waals surface area (Å²) in [6, 6.07) is 0. The van der Waals surface area contributed by atoms with Crippen LogP contribution in [0.2, 0.25) is 0 Å². The molecule has 0 nitrogen and oxygen atoms in total. The highest BCUT2D eigenvalue weighted by Crippen LogP contribution is 2.30. The Bertz CT molecular complexity index is 128. The van der Waals surface area contributed by atoms with Gasteiger partial charge in [-0.1, -0.05) is 26.0 Å². The van der Waals surface area contributed by atoms with Crippen molar-refractivity contribution in [1.82, 2.24) is 0 Å². The van der Waals surface area contributed by atoms with Crippen LogP contribution in [0.15, 0.2) is 12.2 Å². The molecule has 1 aliphatic rings. The molecule has 58 valence electrons. The van der Waals surface area contributed by atoms with Gasteiger partial charge >= 0.3 is 0 Å². The molecule has 0 heterocycles. The van der Waals surface area contributed by atoms with Gasteiger partial charge in [-0.3, -0.25) is 0 Å². The average Bonchev–Trinajstić information content (AvgIpc) is 2.11. The SMILES string of the molecule is CC(C)C1C(F)C=CC1F. The van der Waals surface area contributed by atoms with E-state index < -0.39 is 18.3 Å². The molecular formula is C8H12F2. The fourth-order valence-corrected chi connectivity index (χ4v) is 1.38. The minimum Gasteiger partial charge on any atom is -0.243 e. The number of allylic oxidation sites excluding steroid dienone is 2. The van der Waals surface area contributed by atoms with Crippen molar-refractivity contribution in [2.45, 2.75) is 26.2 Å². The highest BCUT2D eigenvalue weighted by atomic mass is 19.1. The Kier molecular flexibility index (Phi) is 2.07. The lowest BCUT2D eigenvalue weighted by Crippen LogP contribution is -2.23. The summed E-state index contributed by atoms with van der Waals surface area (Å²) in [4.78, 5) is 0. The molecule has 0 aromatic rings. The van der Waals surface area contributed by atoms with Crippen molar-refractivity contribution in [2.75, 3.05) is 0 Å². The van der Waals surface area contributed by atoms with Crippen LogP contribution in [0.3, 0.4) is 0 Å². The molecule has 0 aromatic heterocycles.